The first-order valence-corrected chi connectivity index (χ1v) is 4.50. The van der Waals surface area contributed by atoms with Crippen LogP contribution < -0.4 is 0 Å². The predicted octanol–water partition coefficient (Wildman–Crippen LogP) is 1.97. The summed E-state index contributed by atoms with van der Waals surface area (Å²) < 4.78 is 5.12. The van der Waals surface area contributed by atoms with Crippen LogP contribution >= 0.6 is 0 Å². The van der Waals surface area contributed by atoms with E-state index in [1.54, 1.807) is 0 Å². The van der Waals surface area contributed by atoms with Crippen LogP contribution in [0, 0.1) is 0 Å². The Hall–Kier alpha value is -0.830. The molecule has 0 spiro atoms. The number of allylic oxidation sites excluding steroid dienone is 2. The molecule has 74 valence electrons. The second kappa shape index (κ2) is 3.50. The standard InChI is InChI=1S/C10H16O3/c1-7(2)5-4-6-10(3)8(13-10)9(11)12/h5,8H,4,6H2,1-3H3,(H,11,12)/t8-,10+/m1/s1. The molecular weight excluding hydrogens is 168 g/mol. The van der Waals surface area contributed by atoms with Gasteiger partial charge in [-0.3, -0.25) is 0 Å². The number of hydrogen-bond acceptors (Lipinski definition) is 2. The smallest absolute Gasteiger partial charge is 0.335 e. The summed E-state index contributed by atoms with van der Waals surface area (Å²) in [6.07, 6.45) is 3.20. The normalized spacial score (nSPS) is 31.2. The summed E-state index contributed by atoms with van der Waals surface area (Å²) in [7, 11) is 0. The average Bonchev–Trinajstić information content (AvgIpc) is 2.62. The molecular formula is C10H16O3. The van der Waals surface area contributed by atoms with Gasteiger partial charge in [-0.2, -0.15) is 0 Å². The van der Waals surface area contributed by atoms with Gasteiger partial charge in [0, 0.05) is 0 Å². The first-order chi connectivity index (χ1) is 5.96. The van der Waals surface area contributed by atoms with E-state index in [2.05, 4.69) is 6.08 Å². The maximum absolute atomic E-state index is 10.5. The van der Waals surface area contributed by atoms with Crippen molar-refractivity contribution in [3.63, 3.8) is 0 Å². The van der Waals surface area contributed by atoms with Crippen molar-refractivity contribution in [2.75, 3.05) is 0 Å². The van der Waals surface area contributed by atoms with E-state index in [1.807, 2.05) is 20.8 Å². The van der Waals surface area contributed by atoms with Crippen LogP contribution in [-0.4, -0.2) is 22.8 Å². The Kier molecular flexibility index (Phi) is 2.76. The number of carbonyl (C=O) groups is 1. The predicted molar refractivity (Wildman–Crippen MR) is 49.6 cm³/mol. The van der Waals surface area contributed by atoms with Crippen LogP contribution in [0.5, 0.6) is 0 Å². The number of hydrogen-bond donors (Lipinski definition) is 1. The Morgan fingerprint density at radius 3 is 2.62 bits per heavy atom. The molecule has 2 atom stereocenters. The summed E-state index contributed by atoms with van der Waals surface area (Å²) in [4.78, 5) is 10.5. The summed E-state index contributed by atoms with van der Waals surface area (Å²) in [5.41, 5.74) is 0.841. The third-order valence-electron chi connectivity index (χ3n) is 2.30. The lowest BCUT2D eigenvalue weighted by atomic mass is 10.0. The second-order valence-electron chi connectivity index (χ2n) is 3.97. The van der Waals surface area contributed by atoms with Gasteiger partial charge in [-0.05, 0) is 33.6 Å². The molecule has 3 nitrogen and oxygen atoms in total. The highest BCUT2D eigenvalue weighted by Crippen LogP contribution is 2.40. The fraction of sp³-hybridized carbons (Fsp3) is 0.700. The van der Waals surface area contributed by atoms with Gasteiger partial charge in [0.1, 0.15) is 5.60 Å². The highest BCUT2D eigenvalue weighted by atomic mass is 16.6. The minimum absolute atomic E-state index is 0.419. The largest absolute Gasteiger partial charge is 0.479 e. The SMILES string of the molecule is CC(C)=CCC[C@]1(C)O[C@@H]1C(=O)O. The van der Waals surface area contributed by atoms with Gasteiger partial charge in [-0.15, -0.1) is 0 Å². The number of aliphatic carboxylic acids is 1. The van der Waals surface area contributed by atoms with Crippen LogP contribution in [0.4, 0.5) is 0 Å². The molecule has 0 bridgehead atoms. The molecule has 1 heterocycles. The van der Waals surface area contributed by atoms with E-state index in [0.29, 0.717) is 0 Å². The summed E-state index contributed by atoms with van der Waals surface area (Å²) in [6.45, 7) is 5.92. The molecule has 0 aromatic carbocycles. The zero-order valence-electron chi connectivity index (χ0n) is 8.33. The van der Waals surface area contributed by atoms with E-state index in [1.165, 1.54) is 5.57 Å². The van der Waals surface area contributed by atoms with E-state index >= 15 is 0 Å². The molecule has 1 aliphatic rings. The molecule has 1 N–H and O–H groups in total. The van der Waals surface area contributed by atoms with Gasteiger partial charge < -0.3 is 9.84 Å². The molecule has 1 fully saturated rings. The molecule has 1 saturated heterocycles. The van der Waals surface area contributed by atoms with Crippen molar-refractivity contribution in [3.05, 3.63) is 11.6 Å². The monoisotopic (exact) mass is 184 g/mol. The van der Waals surface area contributed by atoms with Crippen molar-refractivity contribution in [2.24, 2.45) is 0 Å². The maximum Gasteiger partial charge on any atom is 0.335 e. The third kappa shape index (κ3) is 2.56. The Labute approximate surface area is 78.4 Å². The van der Waals surface area contributed by atoms with E-state index in [4.69, 9.17) is 9.84 Å². The zero-order chi connectivity index (χ0) is 10.1. The van der Waals surface area contributed by atoms with Gasteiger partial charge in [0.05, 0.1) is 0 Å². The molecule has 0 unspecified atom stereocenters. The summed E-state index contributed by atoms with van der Waals surface area (Å²) in [5, 5.41) is 8.66. The van der Waals surface area contributed by atoms with E-state index in [-0.39, 0.29) is 0 Å². The number of rotatable bonds is 4. The number of epoxide rings is 1. The highest BCUT2D eigenvalue weighted by molar-refractivity contribution is 5.77. The van der Waals surface area contributed by atoms with Crippen LogP contribution in [0.2, 0.25) is 0 Å². The Balaban J connectivity index is 2.32. The van der Waals surface area contributed by atoms with Gasteiger partial charge >= 0.3 is 5.97 Å². The van der Waals surface area contributed by atoms with Crippen LogP contribution in [0.25, 0.3) is 0 Å². The Bertz CT molecular complexity index is 241. The van der Waals surface area contributed by atoms with Crippen LogP contribution in [-0.2, 0) is 9.53 Å². The zero-order valence-corrected chi connectivity index (χ0v) is 8.33. The van der Waals surface area contributed by atoms with Gasteiger partial charge in [0.2, 0.25) is 0 Å². The van der Waals surface area contributed by atoms with E-state index in [9.17, 15) is 4.79 Å². The number of ether oxygens (including phenoxy) is 1. The van der Waals surface area contributed by atoms with Crippen LogP contribution in [0.1, 0.15) is 33.6 Å². The van der Waals surface area contributed by atoms with Crippen molar-refractivity contribution >= 4 is 5.97 Å². The molecule has 1 rings (SSSR count). The molecule has 1 aliphatic heterocycles. The summed E-state index contributed by atoms with van der Waals surface area (Å²) in [5.74, 6) is -0.847. The minimum atomic E-state index is -0.847. The molecule has 0 saturated carbocycles. The van der Waals surface area contributed by atoms with Crippen molar-refractivity contribution < 1.29 is 14.6 Å². The van der Waals surface area contributed by atoms with Crippen molar-refractivity contribution in [1.29, 1.82) is 0 Å². The lowest BCUT2D eigenvalue weighted by molar-refractivity contribution is -0.138. The maximum atomic E-state index is 10.5. The van der Waals surface area contributed by atoms with Crippen LogP contribution in [0.3, 0.4) is 0 Å². The van der Waals surface area contributed by atoms with Gasteiger partial charge in [0.25, 0.3) is 0 Å². The minimum Gasteiger partial charge on any atom is -0.479 e. The van der Waals surface area contributed by atoms with Gasteiger partial charge in [-0.25, -0.2) is 4.79 Å². The summed E-state index contributed by atoms with van der Waals surface area (Å²) >= 11 is 0. The van der Waals surface area contributed by atoms with Crippen molar-refractivity contribution in [1.82, 2.24) is 0 Å². The molecule has 3 heteroatoms. The Morgan fingerprint density at radius 2 is 2.23 bits per heavy atom. The fourth-order valence-electron chi connectivity index (χ4n) is 1.38. The fourth-order valence-corrected chi connectivity index (χ4v) is 1.38. The second-order valence-corrected chi connectivity index (χ2v) is 3.97. The van der Waals surface area contributed by atoms with E-state index < -0.39 is 17.7 Å². The topological polar surface area (TPSA) is 49.8 Å². The molecule has 0 radical (unpaired) electrons. The number of carboxylic acid groups (broad SMARTS) is 1. The third-order valence-corrected chi connectivity index (χ3v) is 2.30. The lowest BCUT2D eigenvalue weighted by Gasteiger charge is -2.01. The van der Waals surface area contributed by atoms with Gasteiger partial charge in [0.15, 0.2) is 6.10 Å². The number of carboxylic acids is 1. The molecule has 0 aliphatic carbocycles. The molecule has 0 aromatic rings. The molecule has 13 heavy (non-hydrogen) atoms. The first-order valence-electron chi connectivity index (χ1n) is 4.50. The quantitative estimate of drug-likeness (QED) is 0.537. The van der Waals surface area contributed by atoms with Crippen molar-refractivity contribution in [2.45, 2.75) is 45.3 Å². The molecule has 0 aromatic heterocycles. The Morgan fingerprint density at radius 1 is 1.62 bits per heavy atom. The van der Waals surface area contributed by atoms with Gasteiger partial charge in [-0.1, -0.05) is 11.6 Å². The average molecular weight is 184 g/mol. The summed E-state index contributed by atoms with van der Waals surface area (Å²) in [6, 6.07) is 0. The lowest BCUT2D eigenvalue weighted by Crippen LogP contribution is -2.16. The van der Waals surface area contributed by atoms with Crippen LogP contribution in [0.15, 0.2) is 11.6 Å². The molecule has 0 amide bonds. The van der Waals surface area contributed by atoms with E-state index in [0.717, 1.165) is 12.8 Å². The first kappa shape index (κ1) is 10.3. The highest BCUT2D eigenvalue weighted by Gasteiger charge is 2.56. The van der Waals surface area contributed by atoms with Crippen molar-refractivity contribution in [3.8, 4) is 0 Å².